The Morgan fingerprint density at radius 3 is 2.70 bits per heavy atom. The highest BCUT2D eigenvalue weighted by atomic mass is 16.5. The standard InChI is InChI=1S/C17H26O3/c1-4-6-7-8-12-20-17(18)14(3)15-10-9-11-16(13-15)19-5-2/h9-11,13-14H,4-8,12H2,1-3H3. The van der Waals surface area contributed by atoms with Crippen molar-refractivity contribution in [2.75, 3.05) is 13.2 Å². The van der Waals surface area contributed by atoms with Crippen molar-refractivity contribution in [3.8, 4) is 5.75 Å². The normalized spacial score (nSPS) is 11.9. The molecule has 0 N–H and O–H groups in total. The zero-order chi connectivity index (χ0) is 14.8. The lowest BCUT2D eigenvalue weighted by Gasteiger charge is -2.13. The summed E-state index contributed by atoms with van der Waals surface area (Å²) in [7, 11) is 0. The van der Waals surface area contributed by atoms with E-state index in [1.807, 2.05) is 38.1 Å². The van der Waals surface area contributed by atoms with E-state index in [1.165, 1.54) is 12.8 Å². The predicted octanol–water partition coefficient (Wildman–Crippen LogP) is 4.31. The molecule has 3 nitrogen and oxygen atoms in total. The molecule has 0 aliphatic rings. The first-order valence-corrected chi connectivity index (χ1v) is 7.58. The minimum Gasteiger partial charge on any atom is -0.494 e. The molecule has 1 aromatic rings. The molecule has 1 atom stereocenters. The molecule has 112 valence electrons. The second kappa shape index (κ2) is 9.40. The summed E-state index contributed by atoms with van der Waals surface area (Å²) in [4.78, 5) is 12.0. The quantitative estimate of drug-likeness (QED) is 0.498. The summed E-state index contributed by atoms with van der Waals surface area (Å²) in [6.07, 6.45) is 4.46. The number of benzene rings is 1. The van der Waals surface area contributed by atoms with Crippen LogP contribution in [0.25, 0.3) is 0 Å². The fourth-order valence-electron chi connectivity index (χ4n) is 2.00. The Labute approximate surface area is 122 Å². The van der Waals surface area contributed by atoms with Crippen LogP contribution in [-0.4, -0.2) is 19.2 Å². The van der Waals surface area contributed by atoms with E-state index in [0.29, 0.717) is 13.2 Å². The second-order valence-electron chi connectivity index (χ2n) is 4.96. The van der Waals surface area contributed by atoms with Crippen LogP contribution in [0.3, 0.4) is 0 Å². The van der Waals surface area contributed by atoms with Gasteiger partial charge >= 0.3 is 5.97 Å². The molecule has 0 saturated carbocycles. The summed E-state index contributed by atoms with van der Waals surface area (Å²) in [5.74, 6) is 0.393. The van der Waals surface area contributed by atoms with E-state index in [-0.39, 0.29) is 11.9 Å². The average molecular weight is 278 g/mol. The Hall–Kier alpha value is -1.51. The maximum atomic E-state index is 12.0. The summed E-state index contributed by atoms with van der Waals surface area (Å²) in [5, 5.41) is 0. The predicted molar refractivity (Wildman–Crippen MR) is 81.1 cm³/mol. The number of ether oxygens (including phenoxy) is 2. The van der Waals surface area contributed by atoms with Gasteiger partial charge in [-0.3, -0.25) is 4.79 Å². The molecule has 0 aliphatic heterocycles. The number of hydrogen-bond acceptors (Lipinski definition) is 3. The Kier molecular flexibility index (Phi) is 7.78. The van der Waals surface area contributed by atoms with Crippen molar-refractivity contribution < 1.29 is 14.3 Å². The van der Waals surface area contributed by atoms with Gasteiger partial charge in [-0.05, 0) is 38.0 Å². The number of esters is 1. The van der Waals surface area contributed by atoms with Crippen LogP contribution in [0.5, 0.6) is 5.75 Å². The number of hydrogen-bond donors (Lipinski definition) is 0. The minimum absolute atomic E-state index is 0.157. The lowest BCUT2D eigenvalue weighted by Crippen LogP contribution is -2.14. The number of carbonyl (C=O) groups excluding carboxylic acids is 1. The van der Waals surface area contributed by atoms with Gasteiger partial charge in [0.1, 0.15) is 5.75 Å². The largest absolute Gasteiger partial charge is 0.494 e. The van der Waals surface area contributed by atoms with Crippen molar-refractivity contribution >= 4 is 5.97 Å². The van der Waals surface area contributed by atoms with Crippen LogP contribution >= 0.6 is 0 Å². The summed E-state index contributed by atoms with van der Waals surface area (Å²) < 4.78 is 10.8. The van der Waals surface area contributed by atoms with Gasteiger partial charge in [-0.25, -0.2) is 0 Å². The molecule has 1 unspecified atom stereocenters. The van der Waals surface area contributed by atoms with E-state index < -0.39 is 0 Å². The minimum atomic E-state index is -0.249. The molecular weight excluding hydrogens is 252 g/mol. The van der Waals surface area contributed by atoms with E-state index in [4.69, 9.17) is 9.47 Å². The van der Waals surface area contributed by atoms with Gasteiger partial charge in [-0.15, -0.1) is 0 Å². The van der Waals surface area contributed by atoms with Gasteiger partial charge in [0.15, 0.2) is 0 Å². The summed E-state index contributed by atoms with van der Waals surface area (Å²) in [5.41, 5.74) is 0.939. The second-order valence-corrected chi connectivity index (χ2v) is 4.96. The van der Waals surface area contributed by atoms with Crippen molar-refractivity contribution in [3.63, 3.8) is 0 Å². The summed E-state index contributed by atoms with van der Waals surface area (Å²) in [6, 6.07) is 7.65. The van der Waals surface area contributed by atoms with Crippen LogP contribution in [0.2, 0.25) is 0 Å². The molecule has 0 bridgehead atoms. The molecule has 0 fully saturated rings. The molecule has 0 aliphatic carbocycles. The lowest BCUT2D eigenvalue weighted by atomic mass is 10.0. The van der Waals surface area contributed by atoms with Crippen LogP contribution in [-0.2, 0) is 9.53 Å². The monoisotopic (exact) mass is 278 g/mol. The van der Waals surface area contributed by atoms with Gasteiger partial charge in [0, 0.05) is 0 Å². The van der Waals surface area contributed by atoms with Crippen molar-refractivity contribution in [2.24, 2.45) is 0 Å². The smallest absolute Gasteiger partial charge is 0.313 e. The fourth-order valence-corrected chi connectivity index (χ4v) is 2.00. The van der Waals surface area contributed by atoms with Gasteiger partial charge in [-0.1, -0.05) is 38.3 Å². The van der Waals surface area contributed by atoms with E-state index in [2.05, 4.69) is 6.92 Å². The maximum Gasteiger partial charge on any atom is 0.313 e. The zero-order valence-electron chi connectivity index (χ0n) is 12.9. The lowest BCUT2D eigenvalue weighted by molar-refractivity contribution is -0.145. The third-order valence-corrected chi connectivity index (χ3v) is 3.26. The third kappa shape index (κ3) is 5.64. The Bertz CT molecular complexity index is 401. The Morgan fingerprint density at radius 2 is 2.00 bits per heavy atom. The van der Waals surface area contributed by atoms with Crippen LogP contribution in [0.1, 0.15) is 57.9 Å². The Balaban J connectivity index is 2.45. The topological polar surface area (TPSA) is 35.5 Å². The van der Waals surface area contributed by atoms with Crippen molar-refractivity contribution in [1.82, 2.24) is 0 Å². The zero-order valence-corrected chi connectivity index (χ0v) is 12.9. The molecular formula is C17H26O3. The first-order chi connectivity index (χ1) is 9.69. The molecule has 0 saturated heterocycles. The maximum absolute atomic E-state index is 12.0. The first-order valence-electron chi connectivity index (χ1n) is 7.58. The van der Waals surface area contributed by atoms with Crippen molar-refractivity contribution in [1.29, 1.82) is 0 Å². The fraction of sp³-hybridized carbons (Fsp3) is 0.588. The number of rotatable bonds is 9. The molecule has 20 heavy (non-hydrogen) atoms. The van der Waals surface area contributed by atoms with Crippen LogP contribution in [0, 0.1) is 0 Å². The Morgan fingerprint density at radius 1 is 1.20 bits per heavy atom. The van der Waals surface area contributed by atoms with E-state index >= 15 is 0 Å². The van der Waals surface area contributed by atoms with Gasteiger partial charge in [0.05, 0.1) is 19.1 Å². The van der Waals surface area contributed by atoms with Crippen LogP contribution in [0.15, 0.2) is 24.3 Å². The van der Waals surface area contributed by atoms with Gasteiger partial charge in [0.2, 0.25) is 0 Å². The molecule has 1 rings (SSSR count). The van der Waals surface area contributed by atoms with Gasteiger partial charge in [0.25, 0.3) is 0 Å². The molecule has 0 spiro atoms. The molecule has 0 amide bonds. The van der Waals surface area contributed by atoms with E-state index in [1.54, 1.807) is 0 Å². The molecule has 1 aromatic carbocycles. The summed E-state index contributed by atoms with van der Waals surface area (Å²) >= 11 is 0. The van der Waals surface area contributed by atoms with Gasteiger partial charge in [-0.2, -0.15) is 0 Å². The van der Waals surface area contributed by atoms with Crippen LogP contribution < -0.4 is 4.74 Å². The van der Waals surface area contributed by atoms with E-state index in [9.17, 15) is 4.79 Å². The summed E-state index contributed by atoms with van der Waals surface area (Å²) in [6.45, 7) is 7.13. The highest BCUT2D eigenvalue weighted by Gasteiger charge is 2.17. The molecule has 3 heteroatoms. The number of unbranched alkanes of at least 4 members (excludes halogenated alkanes) is 3. The van der Waals surface area contributed by atoms with Crippen molar-refractivity contribution in [3.05, 3.63) is 29.8 Å². The molecule has 0 aromatic heterocycles. The van der Waals surface area contributed by atoms with Crippen molar-refractivity contribution in [2.45, 2.75) is 52.4 Å². The average Bonchev–Trinajstić information content (AvgIpc) is 2.46. The molecule has 0 radical (unpaired) electrons. The molecule has 0 heterocycles. The number of carbonyl (C=O) groups is 1. The highest BCUT2D eigenvalue weighted by molar-refractivity contribution is 5.77. The SMILES string of the molecule is CCCCCCOC(=O)C(C)c1cccc(OCC)c1. The highest BCUT2D eigenvalue weighted by Crippen LogP contribution is 2.22. The van der Waals surface area contributed by atoms with Gasteiger partial charge < -0.3 is 9.47 Å². The first kappa shape index (κ1) is 16.5. The third-order valence-electron chi connectivity index (χ3n) is 3.26. The van der Waals surface area contributed by atoms with Crippen LogP contribution in [0.4, 0.5) is 0 Å². The van der Waals surface area contributed by atoms with E-state index in [0.717, 1.165) is 24.2 Å².